The van der Waals surface area contributed by atoms with Gasteiger partial charge in [0.2, 0.25) is 0 Å². The van der Waals surface area contributed by atoms with Gasteiger partial charge in [-0.15, -0.1) is 11.3 Å². The molecule has 1 N–H and O–H groups in total. The zero-order valence-corrected chi connectivity index (χ0v) is 12.9. The molecule has 0 aliphatic heterocycles. The zero-order valence-electron chi connectivity index (χ0n) is 12.0. The molecule has 2 rings (SSSR count). The van der Waals surface area contributed by atoms with E-state index in [1.54, 1.807) is 24.3 Å². The first-order valence-electron chi connectivity index (χ1n) is 6.60. The molecule has 110 valence electrons. The zero-order chi connectivity index (χ0) is 15.2. The molecule has 1 amide bonds. The first kappa shape index (κ1) is 15.4. The molecule has 2 aromatic heterocycles. The molecule has 2 heterocycles. The number of furan rings is 1. The summed E-state index contributed by atoms with van der Waals surface area (Å²) in [5.74, 6) is 6.58. The fourth-order valence-electron chi connectivity index (χ4n) is 1.81. The molecule has 2 aromatic rings. The van der Waals surface area contributed by atoms with Crippen molar-refractivity contribution < 1.29 is 14.3 Å². The Labute approximate surface area is 128 Å². The van der Waals surface area contributed by atoms with Crippen molar-refractivity contribution in [3.63, 3.8) is 0 Å². The molecule has 21 heavy (non-hydrogen) atoms. The lowest BCUT2D eigenvalue weighted by atomic mass is 10.2. The van der Waals surface area contributed by atoms with Gasteiger partial charge in [0, 0.05) is 13.5 Å². The van der Waals surface area contributed by atoms with Crippen LogP contribution in [0, 0.1) is 18.8 Å². The molecule has 0 radical (unpaired) electrons. The second-order valence-corrected chi connectivity index (χ2v) is 5.69. The molecule has 0 atom stereocenters. The highest BCUT2D eigenvalue weighted by Gasteiger charge is 2.16. The van der Waals surface area contributed by atoms with E-state index >= 15 is 0 Å². The first-order chi connectivity index (χ1) is 10.1. The van der Waals surface area contributed by atoms with Crippen molar-refractivity contribution in [2.75, 3.05) is 13.7 Å². The number of aliphatic hydroxyl groups excluding tert-OH is 1. The summed E-state index contributed by atoms with van der Waals surface area (Å²) in [5.41, 5.74) is 0.986. The highest BCUT2D eigenvalue weighted by atomic mass is 32.1. The fraction of sp³-hybridized carbons (Fsp3) is 0.312. The minimum absolute atomic E-state index is 0.0466. The topological polar surface area (TPSA) is 53.7 Å². The van der Waals surface area contributed by atoms with E-state index < -0.39 is 0 Å². The lowest BCUT2D eigenvalue weighted by Crippen LogP contribution is -2.25. The highest BCUT2D eigenvalue weighted by molar-refractivity contribution is 7.14. The predicted molar refractivity (Wildman–Crippen MR) is 82.1 cm³/mol. The number of carbonyl (C=O) groups excluding carboxylic acids is 1. The van der Waals surface area contributed by atoms with Gasteiger partial charge in [-0.3, -0.25) is 4.79 Å². The van der Waals surface area contributed by atoms with Gasteiger partial charge in [0.05, 0.1) is 29.2 Å². The maximum absolute atomic E-state index is 12.4. The second kappa shape index (κ2) is 7.11. The Bertz CT molecular complexity index is 661. The summed E-state index contributed by atoms with van der Waals surface area (Å²) in [6.07, 6.45) is 2.04. The molecule has 0 spiro atoms. The molecule has 0 unspecified atom stereocenters. The van der Waals surface area contributed by atoms with Crippen LogP contribution in [-0.4, -0.2) is 29.6 Å². The third-order valence-corrected chi connectivity index (χ3v) is 4.03. The van der Waals surface area contributed by atoms with E-state index in [1.807, 2.05) is 19.1 Å². The molecule has 0 bridgehead atoms. The molecule has 0 saturated heterocycles. The lowest BCUT2D eigenvalue weighted by molar-refractivity contribution is 0.0780. The van der Waals surface area contributed by atoms with Gasteiger partial charge in [0.1, 0.15) is 5.76 Å². The Morgan fingerprint density at radius 1 is 1.52 bits per heavy atom. The van der Waals surface area contributed by atoms with Crippen LogP contribution < -0.4 is 0 Å². The molecule has 4 nitrogen and oxygen atoms in total. The maximum atomic E-state index is 12.4. The Hall–Kier alpha value is -2.03. The number of aryl methyl sites for hydroxylation is 1. The molecular weight excluding hydrogens is 286 g/mol. The number of amides is 1. The number of thiophene rings is 1. The van der Waals surface area contributed by atoms with Crippen LogP contribution in [-0.2, 0) is 6.54 Å². The summed E-state index contributed by atoms with van der Waals surface area (Å²) in [4.78, 5) is 15.5. The van der Waals surface area contributed by atoms with Gasteiger partial charge >= 0.3 is 0 Å². The van der Waals surface area contributed by atoms with Crippen LogP contribution in [0.15, 0.2) is 28.9 Å². The van der Waals surface area contributed by atoms with Gasteiger partial charge in [-0.05, 0) is 30.7 Å². The number of carbonyl (C=O) groups is 1. The standard InChI is InChI=1S/C16H17NO3S/c1-12-10-15(21-14(12)7-3-4-8-18)16(19)17(2)11-13-6-5-9-20-13/h5-6,9-10,18H,4,8,11H2,1-2H3. The highest BCUT2D eigenvalue weighted by Crippen LogP contribution is 2.22. The van der Waals surface area contributed by atoms with Crippen molar-refractivity contribution in [3.8, 4) is 11.8 Å². The third kappa shape index (κ3) is 3.97. The Morgan fingerprint density at radius 2 is 2.33 bits per heavy atom. The number of aliphatic hydroxyl groups is 1. The summed E-state index contributed by atoms with van der Waals surface area (Å²) in [5, 5.41) is 8.73. The molecule has 0 aromatic carbocycles. The van der Waals surface area contributed by atoms with Gasteiger partial charge in [0.25, 0.3) is 5.91 Å². The average molecular weight is 303 g/mol. The Kier molecular flexibility index (Phi) is 5.20. The van der Waals surface area contributed by atoms with Crippen molar-refractivity contribution in [3.05, 3.63) is 45.5 Å². The van der Waals surface area contributed by atoms with Crippen molar-refractivity contribution in [1.82, 2.24) is 4.90 Å². The minimum Gasteiger partial charge on any atom is -0.467 e. The summed E-state index contributed by atoms with van der Waals surface area (Å²) in [6, 6.07) is 5.50. The largest absolute Gasteiger partial charge is 0.467 e. The number of hydrogen-bond donors (Lipinski definition) is 1. The Balaban J connectivity index is 2.09. The summed E-state index contributed by atoms with van der Waals surface area (Å²) in [6.45, 7) is 2.42. The van der Waals surface area contributed by atoms with E-state index in [-0.39, 0.29) is 12.5 Å². The van der Waals surface area contributed by atoms with Crippen molar-refractivity contribution in [1.29, 1.82) is 0 Å². The summed E-state index contributed by atoms with van der Waals surface area (Å²) >= 11 is 1.38. The van der Waals surface area contributed by atoms with Gasteiger partial charge in [-0.1, -0.05) is 11.8 Å². The summed E-state index contributed by atoms with van der Waals surface area (Å²) < 4.78 is 5.25. The van der Waals surface area contributed by atoms with Crippen LogP contribution in [0.4, 0.5) is 0 Å². The van der Waals surface area contributed by atoms with Crippen LogP contribution >= 0.6 is 11.3 Å². The quantitative estimate of drug-likeness (QED) is 0.884. The van der Waals surface area contributed by atoms with E-state index in [0.717, 1.165) is 16.2 Å². The molecule has 0 saturated carbocycles. The maximum Gasteiger partial charge on any atom is 0.264 e. The van der Waals surface area contributed by atoms with Gasteiger partial charge in [-0.25, -0.2) is 0 Å². The van der Waals surface area contributed by atoms with Crippen molar-refractivity contribution in [2.24, 2.45) is 0 Å². The van der Waals surface area contributed by atoms with Crippen LogP contribution in [0.5, 0.6) is 0 Å². The molecule has 0 aliphatic rings. The number of rotatable bonds is 4. The minimum atomic E-state index is -0.0466. The van der Waals surface area contributed by atoms with Crippen LogP contribution in [0.2, 0.25) is 0 Å². The van der Waals surface area contributed by atoms with Crippen LogP contribution in [0.1, 0.15) is 32.3 Å². The van der Waals surface area contributed by atoms with Gasteiger partial charge in [0.15, 0.2) is 0 Å². The SMILES string of the molecule is Cc1cc(C(=O)N(C)Cc2ccco2)sc1C#CCCO. The van der Waals surface area contributed by atoms with E-state index in [2.05, 4.69) is 11.8 Å². The second-order valence-electron chi connectivity index (χ2n) is 4.64. The third-order valence-electron chi connectivity index (χ3n) is 2.89. The number of nitrogens with zero attached hydrogens (tertiary/aromatic N) is 1. The van der Waals surface area contributed by atoms with Crippen LogP contribution in [0.3, 0.4) is 0 Å². The lowest BCUT2D eigenvalue weighted by Gasteiger charge is -2.14. The average Bonchev–Trinajstić information content (AvgIpc) is 3.09. The van der Waals surface area contributed by atoms with E-state index in [4.69, 9.17) is 9.52 Å². The van der Waals surface area contributed by atoms with E-state index in [0.29, 0.717) is 17.8 Å². The molecule has 0 aliphatic carbocycles. The van der Waals surface area contributed by atoms with E-state index in [9.17, 15) is 4.79 Å². The summed E-state index contributed by atoms with van der Waals surface area (Å²) in [7, 11) is 1.75. The molecular formula is C16H17NO3S. The van der Waals surface area contributed by atoms with Gasteiger partial charge in [-0.2, -0.15) is 0 Å². The van der Waals surface area contributed by atoms with Crippen LogP contribution in [0.25, 0.3) is 0 Å². The smallest absolute Gasteiger partial charge is 0.264 e. The van der Waals surface area contributed by atoms with Gasteiger partial charge < -0.3 is 14.4 Å². The predicted octanol–water partition coefficient (Wildman–Crippen LogP) is 2.66. The first-order valence-corrected chi connectivity index (χ1v) is 7.41. The normalized spacial score (nSPS) is 10.0. The molecule has 0 fully saturated rings. The van der Waals surface area contributed by atoms with Crippen molar-refractivity contribution >= 4 is 17.2 Å². The van der Waals surface area contributed by atoms with Crippen molar-refractivity contribution in [2.45, 2.75) is 19.9 Å². The Morgan fingerprint density at radius 3 is 3.00 bits per heavy atom. The van der Waals surface area contributed by atoms with E-state index in [1.165, 1.54) is 11.3 Å². The fourth-order valence-corrected chi connectivity index (χ4v) is 2.85. The monoisotopic (exact) mass is 303 g/mol. The molecule has 5 heteroatoms. The number of hydrogen-bond acceptors (Lipinski definition) is 4.